The van der Waals surface area contributed by atoms with E-state index in [9.17, 15) is 4.79 Å². The molecule has 1 aromatic rings. The van der Waals surface area contributed by atoms with E-state index in [0.717, 1.165) is 0 Å². The van der Waals surface area contributed by atoms with E-state index in [0.29, 0.717) is 5.56 Å². The number of rotatable bonds is 2. The molecule has 0 aromatic heterocycles. The molecule has 0 aliphatic rings. The van der Waals surface area contributed by atoms with Crippen LogP contribution in [0, 0.1) is 0 Å². The van der Waals surface area contributed by atoms with E-state index in [-0.39, 0.29) is 5.24 Å². The van der Waals surface area contributed by atoms with E-state index in [2.05, 4.69) is 11.4 Å². The third kappa shape index (κ3) is 2.36. The molecule has 0 N–H and O–H groups in total. The first kappa shape index (κ1) is 9.82. The van der Waals surface area contributed by atoms with Gasteiger partial charge in [-0.25, -0.2) is 0 Å². The molecular weight excluding hydrogens is 234 g/mol. The summed E-state index contributed by atoms with van der Waals surface area (Å²) in [6.07, 6.45) is 0. The maximum atomic E-state index is 10.7. The second kappa shape index (κ2) is 4.11. The summed E-state index contributed by atoms with van der Waals surface area (Å²) in [5.74, 6) is 0. The van der Waals surface area contributed by atoms with Crippen molar-refractivity contribution >= 4 is 35.8 Å². The van der Waals surface area contributed by atoms with Crippen LogP contribution in [0.5, 0.6) is 0 Å². The predicted octanol–water partition coefficient (Wildman–Crippen LogP) is 2.03. The molecule has 0 atom stereocenters. The van der Waals surface area contributed by atoms with Crippen LogP contribution < -0.4 is 4.35 Å². The number of carbonyl (C=O) groups is 1. The van der Waals surface area contributed by atoms with E-state index in [1.54, 1.807) is 12.1 Å². The molecule has 0 heterocycles. The van der Waals surface area contributed by atoms with Gasteiger partial charge in [-0.2, -0.15) is 0 Å². The van der Waals surface area contributed by atoms with Crippen molar-refractivity contribution in [2.75, 3.05) is 0 Å². The maximum absolute atomic E-state index is 10.7. The Bertz CT molecular complexity index is 279. The van der Waals surface area contributed by atoms with Crippen molar-refractivity contribution in [1.29, 1.82) is 0 Å². The molecular formula is C9H10AsClO. The van der Waals surface area contributed by atoms with E-state index in [1.807, 2.05) is 12.1 Å². The van der Waals surface area contributed by atoms with Crippen LogP contribution >= 0.6 is 11.6 Å². The monoisotopic (exact) mass is 244 g/mol. The van der Waals surface area contributed by atoms with Crippen LogP contribution in [0.3, 0.4) is 0 Å². The predicted molar refractivity (Wildman–Crippen MR) is 53.7 cm³/mol. The minimum atomic E-state index is -0.796. The normalized spacial score (nSPS) is 10.3. The van der Waals surface area contributed by atoms with E-state index in [1.165, 1.54) is 4.35 Å². The van der Waals surface area contributed by atoms with Gasteiger partial charge in [0.2, 0.25) is 0 Å². The molecule has 1 rings (SSSR count). The summed E-state index contributed by atoms with van der Waals surface area (Å²) in [6.45, 7) is 0. The minimum absolute atomic E-state index is 0.382. The van der Waals surface area contributed by atoms with Gasteiger partial charge < -0.3 is 0 Å². The Kier molecular flexibility index (Phi) is 3.37. The summed E-state index contributed by atoms with van der Waals surface area (Å²) >= 11 is 4.51. The summed E-state index contributed by atoms with van der Waals surface area (Å²) in [4.78, 5) is 10.7. The molecule has 0 bridgehead atoms. The third-order valence-corrected chi connectivity index (χ3v) is 4.62. The summed E-state index contributed by atoms with van der Waals surface area (Å²) in [6, 6.07) is 7.57. The van der Waals surface area contributed by atoms with E-state index >= 15 is 0 Å². The zero-order chi connectivity index (χ0) is 9.14. The molecule has 0 radical (unpaired) electrons. The number of hydrogen-bond acceptors (Lipinski definition) is 1. The summed E-state index contributed by atoms with van der Waals surface area (Å²) in [5.41, 5.74) is 5.09. The van der Waals surface area contributed by atoms with Crippen molar-refractivity contribution in [1.82, 2.24) is 0 Å². The standard InChI is InChI=1S/C9H10AsClO/c1-10(2)8-5-3-7(4-6-8)9(11)12/h3-6H,1-2H3. The zero-order valence-electron chi connectivity index (χ0n) is 7.04. The Morgan fingerprint density at radius 3 is 2.08 bits per heavy atom. The molecule has 0 spiro atoms. The van der Waals surface area contributed by atoms with Gasteiger partial charge in [0, 0.05) is 0 Å². The Balaban J connectivity index is 2.93. The van der Waals surface area contributed by atoms with Crippen molar-refractivity contribution in [2.24, 2.45) is 0 Å². The van der Waals surface area contributed by atoms with Crippen LogP contribution in [0.25, 0.3) is 0 Å². The van der Waals surface area contributed by atoms with Crippen molar-refractivity contribution < 1.29 is 4.79 Å². The van der Waals surface area contributed by atoms with Crippen LogP contribution in [-0.2, 0) is 0 Å². The van der Waals surface area contributed by atoms with Crippen LogP contribution in [0.2, 0.25) is 11.4 Å². The first-order valence-corrected chi connectivity index (χ1v) is 8.65. The Morgan fingerprint density at radius 2 is 1.75 bits per heavy atom. The van der Waals surface area contributed by atoms with Gasteiger partial charge in [0.25, 0.3) is 0 Å². The SMILES string of the molecule is C[As](C)c1ccc(C(=O)Cl)cc1. The molecule has 0 amide bonds. The van der Waals surface area contributed by atoms with Crippen LogP contribution in [-0.4, -0.2) is 19.9 Å². The fourth-order valence-electron chi connectivity index (χ4n) is 0.891. The first-order valence-electron chi connectivity index (χ1n) is 3.58. The van der Waals surface area contributed by atoms with Crippen molar-refractivity contribution in [3.05, 3.63) is 29.8 Å². The Morgan fingerprint density at radius 1 is 1.25 bits per heavy atom. The van der Waals surface area contributed by atoms with Crippen molar-refractivity contribution in [3.63, 3.8) is 0 Å². The van der Waals surface area contributed by atoms with Gasteiger partial charge in [-0.3, -0.25) is 0 Å². The second-order valence-corrected chi connectivity index (χ2v) is 7.89. The fraction of sp³-hybridized carbons (Fsp3) is 0.222. The molecule has 0 unspecified atom stereocenters. The van der Waals surface area contributed by atoms with Crippen LogP contribution in [0.15, 0.2) is 24.3 Å². The first-order chi connectivity index (χ1) is 5.61. The average Bonchev–Trinajstić information content (AvgIpc) is 2.04. The molecule has 64 valence electrons. The van der Waals surface area contributed by atoms with Gasteiger partial charge in [0.05, 0.1) is 0 Å². The molecule has 3 heteroatoms. The van der Waals surface area contributed by atoms with Gasteiger partial charge in [0.1, 0.15) is 0 Å². The van der Waals surface area contributed by atoms with Gasteiger partial charge in [-0.05, 0) is 0 Å². The molecule has 12 heavy (non-hydrogen) atoms. The van der Waals surface area contributed by atoms with E-state index < -0.39 is 14.7 Å². The number of carbonyl (C=O) groups excluding carboxylic acids is 1. The van der Waals surface area contributed by atoms with Gasteiger partial charge in [-0.1, -0.05) is 0 Å². The molecule has 1 aromatic carbocycles. The van der Waals surface area contributed by atoms with Gasteiger partial charge in [0.15, 0.2) is 0 Å². The van der Waals surface area contributed by atoms with Gasteiger partial charge >= 0.3 is 81.9 Å². The Labute approximate surface area is 82.0 Å². The molecule has 0 saturated carbocycles. The number of benzene rings is 1. The van der Waals surface area contributed by atoms with Gasteiger partial charge in [-0.15, -0.1) is 0 Å². The summed E-state index contributed by atoms with van der Waals surface area (Å²) in [5, 5.41) is -0.382. The molecule has 0 aliphatic carbocycles. The topological polar surface area (TPSA) is 17.1 Å². The quantitative estimate of drug-likeness (QED) is 0.575. The molecule has 0 aliphatic heterocycles. The second-order valence-electron chi connectivity index (χ2n) is 2.72. The Hall–Kier alpha value is -0.262. The average molecular weight is 245 g/mol. The van der Waals surface area contributed by atoms with Crippen LogP contribution in [0.1, 0.15) is 10.4 Å². The zero-order valence-corrected chi connectivity index (χ0v) is 9.68. The molecule has 1 nitrogen and oxygen atoms in total. The molecule has 0 fully saturated rings. The van der Waals surface area contributed by atoms with Crippen molar-refractivity contribution in [2.45, 2.75) is 11.4 Å². The van der Waals surface area contributed by atoms with E-state index in [4.69, 9.17) is 11.6 Å². The molecule has 0 saturated heterocycles. The van der Waals surface area contributed by atoms with Crippen LogP contribution in [0.4, 0.5) is 0 Å². The number of hydrogen-bond donors (Lipinski definition) is 0. The number of halogens is 1. The summed E-state index contributed by atoms with van der Waals surface area (Å²) < 4.78 is 1.36. The van der Waals surface area contributed by atoms with Crippen molar-refractivity contribution in [3.8, 4) is 0 Å². The summed E-state index contributed by atoms with van der Waals surface area (Å²) in [7, 11) is 0. The third-order valence-electron chi connectivity index (χ3n) is 1.61. The fourth-order valence-corrected chi connectivity index (χ4v) is 2.58.